The van der Waals surface area contributed by atoms with Gasteiger partial charge in [-0.1, -0.05) is 0 Å². The largest absolute Gasteiger partial charge is 0.396 e. The Hall–Kier alpha value is -1.18. The summed E-state index contributed by atoms with van der Waals surface area (Å²) in [6.07, 6.45) is 2.33. The molecule has 5 nitrogen and oxygen atoms in total. The van der Waals surface area contributed by atoms with Gasteiger partial charge in [-0.05, 0) is 50.6 Å². The molecule has 112 valence electrons. The highest BCUT2D eigenvalue weighted by Gasteiger charge is 2.19. The Morgan fingerprint density at radius 2 is 2.00 bits per heavy atom. The van der Waals surface area contributed by atoms with Crippen LogP contribution in [0.15, 0.2) is 17.0 Å². The van der Waals surface area contributed by atoms with Crippen LogP contribution < -0.4 is 10.5 Å². The zero-order valence-corrected chi connectivity index (χ0v) is 12.3. The Balaban J connectivity index is 2.04. The van der Waals surface area contributed by atoms with Gasteiger partial charge in [-0.25, -0.2) is 17.5 Å². The number of aryl methyl sites for hydroxylation is 1. The number of nitrogen functional groups attached to an aromatic ring is 1. The fraction of sp³-hybridized carbons (Fsp3) is 0.538. The first-order chi connectivity index (χ1) is 9.40. The molecule has 0 bridgehead atoms. The van der Waals surface area contributed by atoms with Gasteiger partial charge in [0, 0.05) is 13.1 Å². The molecule has 0 aliphatic carbocycles. The average Bonchev–Trinajstić information content (AvgIpc) is 2.86. The number of nitrogens with one attached hydrogen (secondary N) is 1. The number of halogens is 1. The van der Waals surface area contributed by atoms with E-state index >= 15 is 0 Å². The summed E-state index contributed by atoms with van der Waals surface area (Å²) in [5, 5.41) is 0. The second-order valence-corrected chi connectivity index (χ2v) is 6.82. The standard InChI is InChI=1S/C13H20FN3O2S/c1-10-8-11(14)12(15)9-13(10)20(18,19)16-4-7-17-5-2-3-6-17/h8-9,16H,2-7,15H2,1H3. The molecule has 1 fully saturated rings. The number of nitrogens with zero attached hydrogens (tertiary/aromatic N) is 1. The van der Waals surface area contributed by atoms with Gasteiger partial charge in [0.1, 0.15) is 5.82 Å². The summed E-state index contributed by atoms with van der Waals surface area (Å²) >= 11 is 0. The van der Waals surface area contributed by atoms with E-state index < -0.39 is 15.8 Å². The maximum atomic E-state index is 13.3. The minimum atomic E-state index is -3.65. The number of rotatable bonds is 5. The first-order valence-electron chi connectivity index (χ1n) is 6.68. The summed E-state index contributed by atoms with van der Waals surface area (Å²) in [7, 11) is -3.65. The van der Waals surface area contributed by atoms with Crippen LogP contribution in [0.25, 0.3) is 0 Å². The smallest absolute Gasteiger partial charge is 0.240 e. The van der Waals surface area contributed by atoms with Crippen LogP contribution in [0, 0.1) is 12.7 Å². The lowest BCUT2D eigenvalue weighted by molar-refractivity contribution is 0.344. The third-order valence-corrected chi connectivity index (χ3v) is 5.11. The molecule has 0 radical (unpaired) electrons. The quantitative estimate of drug-likeness (QED) is 0.798. The van der Waals surface area contributed by atoms with Gasteiger partial charge in [-0.15, -0.1) is 0 Å². The Morgan fingerprint density at radius 3 is 2.65 bits per heavy atom. The Labute approximate surface area is 119 Å². The van der Waals surface area contributed by atoms with Crippen molar-refractivity contribution < 1.29 is 12.8 Å². The number of anilines is 1. The number of benzene rings is 1. The van der Waals surface area contributed by atoms with Gasteiger partial charge in [0.05, 0.1) is 10.6 Å². The summed E-state index contributed by atoms with van der Waals surface area (Å²) in [6.45, 7) is 4.63. The highest BCUT2D eigenvalue weighted by Crippen LogP contribution is 2.21. The molecule has 0 amide bonds. The van der Waals surface area contributed by atoms with Crippen molar-refractivity contribution in [2.45, 2.75) is 24.7 Å². The topological polar surface area (TPSA) is 75.4 Å². The normalized spacial score (nSPS) is 16.7. The molecule has 0 unspecified atom stereocenters. The van der Waals surface area contributed by atoms with Crippen molar-refractivity contribution in [3.8, 4) is 0 Å². The van der Waals surface area contributed by atoms with Crippen molar-refractivity contribution in [2.24, 2.45) is 0 Å². The molecule has 1 aliphatic rings. The van der Waals surface area contributed by atoms with Crippen molar-refractivity contribution >= 4 is 15.7 Å². The lowest BCUT2D eigenvalue weighted by Crippen LogP contribution is -2.33. The Morgan fingerprint density at radius 1 is 1.35 bits per heavy atom. The van der Waals surface area contributed by atoms with E-state index in [1.54, 1.807) is 6.92 Å². The molecule has 7 heteroatoms. The van der Waals surface area contributed by atoms with E-state index in [0.29, 0.717) is 18.7 Å². The van der Waals surface area contributed by atoms with Crippen molar-refractivity contribution in [2.75, 3.05) is 31.9 Å². The van der Waals surface area contributed by atoms with Crippen LogP contribution in [0.1, 0.15) is 18.4 Å². The van der Waals surface area contributed by atoms with Crippen LogP contribution in [0.4, 0.5) is 10.1 Å². The molecule has 0 aromatic heterocycles. The van der Waals surface area contributed by atoms with Crippen molar-refractivity contribution in [1.29, 1.82) is 0 Å². The Kier molecular flexibility index (Phi) is 4.62. The lowest BCUT2D eigenvalue weighted by atomic mass is 10.2. The molecule has 1 aliphatic heterocycles. The highest BCUT2D eigenvalue weighted by molar-refractivity contribution is 7.89. The van der Waals surface area contributed by atoms with E-state index in [1.807, 2.05) is 0 Å². The number of hydrogen-bond acceptors (Lipinski definition) is 4. The summed E-state index contributed by atoms with van der Waals surface area (Å²) in [4.78, 5) is 2.26. The fourth-order valence-corrected chi connectivity index (χ4v) is 3.66. The molecule has 3 N–H and O–H groups in total. The number of hydrogen-bond donors (Lipinski definition) is 2. The summed E-state index contributed by atoms with van der Waals surface area (Å²) in [6, 6.07) is 2.31. The van der Waals surface area contributed by atoms with E-state index in [-0.39, 0.29) is 10.6 Å². The van der Waals surface area contributed by atoms with Crippen molar-refractivity contribution in [1.82, 2.24) is 9.62 Å². The second-order valence-electron chi connectivity index (χ2n) is 5.09. The van der Waals surface area contributed by atoms with E-state index in [0.717, 1.165) is 19.2 Å². The number of nitrogens with two attached hydrogens (primary N) is 1. The maximum Gasteiger partial charge on any atom is 0.240 e. The highest BCUT2D eigenvalue weighted by atomic mass is 32.2. The predicted molar refractivity (Wildman–Crippen MR) is 76.4 cm³/mol. The Bertz CT molecular complexity index is 584. The van der Waals surface area contributed by atoms with Crippen LogP contribution in [-0.4, -0.2) is 39.5 Å². The third kappa shape index (κ3) is 3.47. The predicted octanol–water partition coefficient (Wildman–Crippen LogP) is 1.09. The summed E-state index contributed by atoms with van der Waals surface area (Å²) < 4.78 is 40.2. The minimum absolute atomic E-state index is 0.0396. The van der Waals surface area contributed by atoms with E-state index in [2.05, 4.69) is 9.62 Å². The number of likely N-dealkylation sites (tertiary alicyclic amines) is 1. The molecule has 1 aromatic rings. The summed E-state index contributed by atoms with van der Waals surface area (Å²) in [5.74, 6) is -0.599. The number of sulfonamides is 1. The average molecular weight is 301 g/mol. The molecule has 20 heavy (non-hydrogen) atoms. The molecule has 0 atom stereocenters. The van der Waals surface area contributed by atoms with Gasteiger partial charge < -0.3 is 10.6 Å². The fourth-order valence-electron chi connectivity index (χ4n) is 2.38. The first kappa shape index (κ1) is 15.2. The van der Waals surface area contributed by atoms with Crippen LogP contribution in [0.5, 0.6) is 0 Å². The van der Waals surface area contributed by atoms with Crippen LogP contribution in [0.3, 0.4) is 0 Å². The SMILES string of the molecule is Cc1cc(F)c(N)cc1S(=O)(=O)NCCN1CCCC1. The van der Waals surface area contributed by atoms with Gasteiger partial charge in [-0.3, -0.25) is 0 Å². The molecular formula is C13H20FN3O2S. The molecule has 0 saturated carbocycles. The zero-order valence-electron chi connectivity index (χ0n) is 11.5. The minimum Gasteiger partial charge on any atom is -0.396 e. The second kappa shape index (κ2) is 6.07. The van der Waals surface area contributed by atoms with E-state index in [9.17, 15) is 12.8 Å². The van der Waals surface area contributed by atoms with Crippen molar-refractivity contribution in [3.05, 3.63) is 23.5 Å². The van der Waals surface area contributed by atoms with Gasteiger partial charge >= 0.3 is 0 Å². The van der Waals surface area contributed by atoms with Gasteiger partial charge in [-0.2, -0.15) is 0 Å². The molecule has 0 spiro atoms. The molecule has 1 saturated heterocycles. The third-order valence-electron chi connectivity index (χ3n) is 3.50. The van der Waals surface area contributed by atoms with Gasteiger partial charge in [0.2, 0.25) is 10.0 Å². The molecule has 2 rings (SSSR count). The van der Waals surface area contributed by atoms with Crippen LogP contribution in [-0.2, 0) is 10.0 Å². The van der Waals surface area contributed by atoms with Crippen LogP contribution in [0.2, 0.25) is 0 Å². The molecule has 1 aromatic carbocycles. The van der Waals surface area contributed by atoms with Gasteiger partial charge in [0.15, 0.2) is 0 Å². The lowest BCUT2D eigenvalue weighted by Gasteiger charge is -2.15. The van der Waals surface area contributed by atoms with E-state index in [4.69, 9.17) is 5.73 Å². The zero-order chi connectivity index (χ0) is 14.8. The van der Waals surface area contributed by atoms with Crippen molar-refractivity contribution in [3.63, 3.8) is 0 Å². The van der Waals surface area contributed by atoms with E-state index in [1.165, 1.54) is 18.9 Å². The summed E-state index contributed by atoms with van der Waals surface area (Å²) in [5.41, 5.74) is 5.63. The monoisotopic (exact) mass is 301 g/mol. The molecule has 1 heterocycles. The van der Waals surface area contributed by atoms with Gasteiger partial charge in [0.25, 0.3) is 0 Å². The maximum absolute atomic E-state index is 13.3. The molecular weight excluding hydrogens is 281 g/mol. The first-order valence-corrected chi connectivity index (χ1v) is 8.16. The van der Waals surface area contributed by atoms with Crippen LogP contribution >= 0.6 is 0 Å².